The smallest absolute Gasteiger partial charge is 0.102 e. The Bertz CT molecular complexity index is 831. The zero-order chi connectivity index (χ0) is 16.2. The Kier molecular flexibility index (Phi) is 5.81. The van der Waals surface area contributed by atoms with Crippen molar-refractivity contribution in [2.45, 2.75) is 6.54 Å². The first-order valence-electron chi connectivity index (χ1n) is 7.61. The second-order valence-electron chi connectivity index (χ2n) is 5.81. The molecule has 3 rings (SSSR count). The lowest BCUT2D eigenvalue weighted by Gasteiger charge is -2.11. The molecule has 0 spiro atoms. The maximum absolute atomic E-state index is 9.75. The fourth-order valence-electron chi connectivity index (χ4n) is 2.81. The van der Waals surface area contributed by atoms with Gasteiger partial charge in [-0.15, -0.1) is 12.4 Å². The normalized spacial score (nSPS) is 10.2. The first kappa shape index (κ1) is 17.8. The number of rotatable bonds is 4. The van der Waals surface area contributed by atoms with Gasteiger partial charge in [-0.25, -0.2) is 0 Å². The van der Waals surface area contributed by atoms with E-state index in [1.807, 2.05) is 62.6 Å². The molecule has 122 valence electrons. The third kappa shape index (κ3) is 3.51. The molecule has 3 aromatic rings. The van der Waals surface area contributed by atoms with Crippen LogP contribution in [-0.2, 0) is 6.54 Å². The van der Waals surface area contributed by atoms with Gasteiger partial charge in [0, 0.05) is 12.1 Å². The summed E-state index contributed by atoms with van der Waals surface area (Å²) in [7, 11) is 4.04. The Labute approximate surface area is 149 Å². The van der Waals surface area contributed by atoms with Crippen LogP contribution in [0.4, 0.5) is 0 Å². The molecule has 0 aliphatic rings. The number of hydrogen-bond acceptors (Lipinski definition) is 2. The Morgan fingerprint density at radius 1 is 0.875 bits per heavy atom. The van der Waals surface area contributed by atoms with E-state index in [0.29, 0.717) is 0 Å². The number of aromatic nitrogens is 1. The number of benzene rings is 2. The minimum atomic E-state index is 0. The molecule has 24 heavy (non-hydrogen) atoms. The Balaban J connectivity index is 0.00000208. The molecule has 0 bridgehead atoms. The molecule has 0 aliphatic heterocycles. The fourth-order valence-corrected chi connectivity index (χ4v) is 2.81. The predicted molar refractivity (Wildman–Crippen MR) is 101 cm³/mol. The summed E-state index contributed by atoms with van der Waals surface area (Å²) in [5.41, 5.74) is 5.82. The summed E-state index contributed by atoms with van der Waals surface area (Å²) in [6.45, 7) is 0.719. The molecule has 0 amide bonds. The molecule has 3 nitrogen and oxygen atoms in total. The van der Waals surface area contributed by atoms with Gasteiger partial charge in [-0.1, -0.05) is 60.7 Å². The summed E-state index contributed by atoms with van der Waals surface area (Å²) >= 11 is 0. The third-order valence-electron chi connectivity index (χ3n) is 3.81. The highest BCUT2D eigenvalue weighted by Crippen LogP contribution is 2.34. The standard InChI is InChI=1S/C20H19N3.ClH/c1-23(2)14-18-17(13-21)19(15-9-5-3-6-10-15)22-20(18)16-11-7-4-8-12-16;/h3-12,22H,14H2,1-2H3;1H. The molecule has 0 radical (unpaired) electrons. The van der Waals surface area contributed by atoms with Crippen molar-refractivity contribution in [3.63, 3.8) is 0 Å². The summed E-state index contributed by atoms with van der Waals surface area (Å²) in [6.07, 6.45) is 0. The maximum Gasteiger partial charge on any atom is 0.102 e. The summed E-state index contributed by atoms with van der Waals surface area (Å²) in [6, 6.07) is 22.6. The van der Waals surface area contributed by atoms with Crippen molar-refractivity contribution in [2.24, 2.45) is 0 Å². The van der Waals surface area contributed by atoms with E-state index in [1.165, 1.54) is 0 Å². The van der Waals surface area contributed by atoms with Crippen LogP contribution in [0.3, 0.4) is 0 Å². The quantitative estimate of drug-likeness (QED) is 0.749. The number of nitriles is 1. The zero-order valence-corrected chi connectivity index (χ0v) is 14.6. The van der Waals surface area contributed by atoms with E-state index in [2.05, 4.69) is 28.1 Å². The number of halogens is 1. The van der Waals surface area contributed by atoms with E-state index in [1.54, 1.807) is 0 Å². The van der Waals surface area contributed by atoms with Crippen molar-refractivity contribution in [1.82, 2.24) is 9.88 Å². The van der Waals surface area contributed by atoms with E-state index in [0.717, 1.165) is 40.2 Å². The highest BCUT2D eigenvalue weighted by Gasteiger charge is 2.19. The van der Waals surface area contributed by atoms with Gasteiger partial charge >= 0.3 is 0 Å². The van der Waals surface area contributed by atoms with Crippen molar-refractivity contribution >= 4 is 12.4 Å². The monoisotopic (exact) mass is 337 g/mol. The second kappa shape index (κ2) is 7.83. The van der Waals surface area contributed by atoms with Crippen molar-refractivity contribution in [3.05, 3.63) is 71.8 Å². The first-order chi connectivity index (χ1) is 11.2. The first-order valence-corrected chi connectivity index (χ1v) is 7.61. The number of nitrogens with one attached hydrogen (secondary N) is 1. The van der Waals surface area contributed by atoms with E-state index < -0.39 is 0 Å². The van der Waals surface area contributed by atoms with Gasteiger partial charge in [0.25, 0.3) is 0 Å². The molecule has 4 heteroatoms. The highest BCUT2D eigenvalue weighted by molar-refractivity contribution is 5.85. The van der Waals surface area contributed by atoms with Crippen molar-refractivity contribution in [2.75, 3.05) is 14.1 Å². The molecule has 0 aliphatic carbocycles. The van der Waals surface area contributed by atoms with Crippen LogP contribution in [0.5, 0.6) is 0 Å². The van der Waals surface area contributed by atoms with Gasteiger partial charge in [0.2, 0.25) is 0 Å². The molecule has 0 atom stereocenters. The number of H-pyrrole nitrogens is 1. The van der Waals surface area contributed by atoms with Crippen LogP contribution in [0, 0.1) is 11.3 Å². The van der Waals surface area contributed by atoms with Crippen LogP contribution < -0.4 is 0 Å². The summed E-state index contributed by atoms with van der Waals surface area (Å²) in [4.78, 5) is 5.58. The van der Waals surface area contributed by atoms with Crippen molar-refractivity contribution < 1.29 is 0 Å². The van der Waals surface area contributed by atoms with Gasteiger partial charge < -0.3 is 9.88 Å². The number of aromatic amines is 1. The second-order valence-corrected chi connectivity index (χ2v) is 5.81. The Hall–Kier alpha value is -2.54. The van der Waals surface area contributed by atoms with Crippen LogP contribution in [0.25, 0.3) is 22.5 Å². The third-order valence-corrected chi connectivity index (χ3v) is 3.81. The SMILES string of the molecule is CN(C)Cc1c(-c2ccccc2)[nH]c(-c2ccccc2)c1C#N.Cl. The van der Waals surface area contributed by atoms with E-state index in [9.17, 15) is 5.26 Å². The lowest BCUT2D eigenvalue weighted by Crippen LogP contribution is -2.11. The number of hydrogen-bond donors (Lipinski definition) is 1. The highest BCUT2D eigenvalue weighted by atomic mass is 35.5. The molecule has 1 aromatic heterocycles. The zero-order valence-electron chi connectivity index (χ0n) is 13.8. The van der Waals surface area contributed by atoms with Gasteiger partial charge in [-0.2, -0.15) is 5.26 Å². The molecule has 0 fully saturated rings. The number of nitrogens with zero attached hydrogens (tertiary/aromatic N) is 2. The van der Waals surface area contributed by atoms with Crippen LogP contribution in [0.15, 0.2) is 60.7 Å². The van der Waals surface area contributed by atoms with Gasteiger partial charge in [0.15, 0.2) is 0 Å². The topological polar surface area (TPSA) is 42.8 Å². The van der Waals surface area contributed by atoms with Crippen LogP contribution in [-0.4, -0.2) is 24.0 Å². The minimum absolute atomic E-state index is 0. The molecular weight excluding hydrogens is 318 g/mol. The van der Waals surface area contributed by atoms with Crippen LogP contribution >= 0.6 is 12.4 Å². The molecule has 1 heterocycles. The van der Waals surface area contributed by atoms with Gasteiger partial charge in [-0.3, -0.25) is 0 Å². The molecule has 0 saturated carbocycles. The average molecular weight is 338 g/mol. The van der Waals surface area contributed by atoms with Gasteiger partial charge in [0.1, 0.15) is 6.07 Å². The molecule has 0 saturated heterocycles. The van der Waals surface area contributed by atoms with Gasteiger partial charge in [0.05, 0.1) is 17.0 Å². The average Bonchev–Trinajstić information content (AvgIpc) is 2.94. The summed E-state index contributed by atoms with van der Waals surface area (Å²) in [5, 5.41) is 9.75. The van der Waals surface area contributed by atoms with Crippen LogP contribution in [0.1, 0.15) is 11.1 Å². The Morgan fingerprint density at radius 2 is 1.38 bits per heavy atom. The fraction of sp³-hybridized carbons (Fsp3) is 0.150. The van der Waals surface area contributed by atoms with Crippen molar-refractivity contribution in [1.29, 1.82) is 5.26 Å². The maximum atomic E-state index is 9.75. The van der Waals surface area contributed by atoms with Crippen molar-refractivity contribution in [3.8, 4) is 28.6 Å². The Morgan fingerprint density at radius 3 is 1.83 bits per heavy atom. The summed E-state index contributed by atoms with van der Waals surface area (Å²) < 4.78 is 0. The largest absolute Gasteiger partial charge is 0.353 e. The molecule has 2 aromatic carbocycles. The molecule has 1 N–H and O–H groups in total. The van der Waals surface area contributed by atoms with E-state index >= 15 is 0 Å². The molecule has 0 unspecified atom stereocenters. The lowest BCUT2D eigenvalue weighted by atomic mass is 10.0. The minimum Gasteiger partial charge on any atom is -0.353 e. The van der Waals surface area contributed by atoms with Crippen LogP contribution in [0.2, 0.25) is 0 Å². The predicted octanol–water partition coefficient (Wildman–Crippen LogP) is 4.70. The van der Waals surface area contributed by atoms with E-state index in [4.69, 9.17) is 0 Å². The van der Waals surface area contributed by atoms with E-state index in [-0.39, 0.29) is 12.4 Å². The summed E-state index contributed by atoms with van der Waals surface area (Å²) in [5.74, 6) is 0. The molecular formula is C20H20ClN3. The van der Waals surface area contributed by atoms with Gasteiger partial charge in [-0.05, 0) is 25.2 Å². The lowest BCUT2D eigenvalue weighted by molar-refractivity contribution is 0.403.